The largest absolute Gasteiger partial charge is 0.480 e. The van der Waals surface area contributed by atoms with Crippen LogP contribution in [0.5, 0.6) is 0 Å². The van der Waals surface area contributed by atoms with Crippen LogP contribution in [0.25, 0.3) is 0 Å². The normalized spacial score (nSPS) is 12.7. The van der Waals surface area contributed by atoms with E-state index in [9.17, 15) is 14.7 Å². The minimum absolute atomic E-state index is 0.259. The molecule has 116 valence electrons. The number of hydrogen-bond acceptors (Lipinski definition) is 4. The van der Waals surface area contributed by atoms with Crippen LogP contribution in [0.1, 0.15) is 20.3 Å². The lowest BCUT2D eigenvalue weighted by atomic mass is 10.1. The third kappa shape index (κ3) is 6.01. The second-order valence-corrected chi connectivity index (χ2v) is 7.75. The first-order valence-electron chi connectivity index (χ1n) is 6.63. The average molecular weight is 327 g/mol. The Kier molecular flexibility index (Phi) is 7.11. The Hall–Kier alpha value is -1.14. The second-order valence-electron chi connectivity index (χ2n) is 5.07. The first-order valence-corrected chi connectivity index (χ1v) is 8.84. The highest BCUT2D eigenvalue weighted by molar-refractivity contribution is 8.01. The van der Waals surface area contributed by atoms with Gasteiger partial charge in [0.05, 0.1) is 4.75 Å². The van der Waals surface area contributed by atoms with Crippen molar-refractivity contribution in [3.63, 3.8) is 0 Å². The molecule has 1 atom stereocenters. The summed E-state index contributed by atoms with van der Waals surface area (Å²) < 4.78 is -0.728. The molecule has 1 unspecified atom stereocenters. The van der Waals surface area contributed by atoms with Crippen LogP contribution in [0, 0.1) is 0 Å². The predicted octanol–water partition coefficient (Wildman–Crippen LogP) is 2.88. The Balaban J connectivity index is 2.68. The molecule has 0 fully saturated rings. The van der Waals surface area contributed by atoms with E-state index in [2.05, 4.69) is 5.32 Å². The third-order valence-corrected chi connectivity index (χ3v) is 4.72. The van der Waals surface area contributed by atoms with E-state index in [1.165, 1.54) is 11.8 Å². The van der Waals surface area contributed by atoms with E-state index in [-0.39, 0.29) is 5.91 Å². The van der Waals surface area contributed by atoms with Gasteiger partial charge in [-0.3, -0.25) is 4.79 Å². The van der Waals surface area contributed by atoms with Gasteiger partial charge in [0.25, 0.3) is 0 Å². The zero-order valence-electron chi connectivity index (χ0n) is 12.5. The minimum atomic E-state index is -0.988. The summed E-state index contributed by atoms with van der Waals surface area (Å²) in [4.78, 5) is 24.5. The van der Waals surface area contributed by atoms with Gasteiger partial charge in [0.2, 0.25) is 5.91 Å². The fraction of sp³-hybridized carbons (Fsp3) is 0.467. The van der Waals surface area contributed by atoms with Gasteiger partial charge in [-0.15, -0.1) is 11.8 Å². The van der Waals surface area contributed by atoms with Gasteiger partial charge in [-0.25, -0.2) is 4.79 Å². The van der Waals surface area contributed by atoms with Crippen molar-refractivity contribution in [2.24, 2.45) is 0 Å². The number of nitrogens with one attached hydrogen (secondary N) is 1. The minimum Gasteiger partial charge on any atom is -0.480 e. The maximum Gasteiger partial charge on any atom is 0.326 e. The second kappa shape index (κ2) is 8.34. The van der Waals surface area contributed by atoms with Gasteiger partial charge in [-0.05, 0) is 44.4 Å². The van der Waals surface area contributed by atoms with Gasteiger partial charge >= 0.3 is 5.97 Å². The Bertz CT molecular complexity index is 477. The molecule has 6 heteroatoms. The lowest BCUT2D eigenvalue weighted by Crippen LogP contribution is -2.48. The van der Waals surface area contributed by atoms with Crippen molar-refractivity contribution in [3.05, 3.63) is 30.3 Å². The first-order chi connectivity index (χ1) is 9.86. The number of rotatable bonds is 8. The van der Waals surface area contributed by atoms with Gasteiger partial charge in [0, 0.05) is 4.90 Å². The van der Waals surface area contributed by atoms with E-state index in [4.69, 9.17) is 0 Å². The molecule has 21 heavy (non-hydrogen) atoms. The summed E-state index contributed by atoms with van der Waals surface area (Å²) in [7, 11) is 0. The van der Waals surface area contributed by atoms with Gasteiger partial charge in [0.1, 0.15) is 6.04 Å². The summed E-state index contributed by atoms with van der Waals surface area (Å²) in [6.45, 7) is 3.60. The number of thioether (sulfide) groups is 2. The molecule has 0 aromatic heterocycles. The van der Waals surface area contributed by atoms with Gasteiger partial charge in [-0.2, -0.15) is 11.8 Å². The number of carbonyl (C=O) groups excluding carboxylic acids is 1. The monoisotopic (exact) mass is 327 g/mol. The summed E-state index contributed by atoms with van der Waals surface area (Å²) in [5.74, 6) is -0.550. The number of carboxylic acid groups (broad SMARTS) is 1. The lowest BCUT2D eigenvalue weighted by Gasteiger charge is -2.25. The fourth-order valence-electron chi connectivity index (χ4n) is 1.65. The number of carboxylic acids is 1. The Labute approximate surface area is 134 Å². The molecule has 0 radical (unpaired) electrons. The van der Waals surface area contributed by atoms with Crippen LogP contribution in [0.2, 0.25) is 0 Å². The molecule has 0 bridgehead atoms. The summed E-state index contributed by atoms with van der Waals surface area (Å²) in [5.41, 5.74) is 0. The van der Waals surface area contributed by atoms with Crippen molar-refractivity contribution in [2.45, 2.75) is 36.0 Å². The number of benzene rings is 1. The van der Waals surface area contributed by atoms with Crippen molar-refractivity contribution < 1.29 is 14.7 Å². The number of carbonyl (C=O) groups is 2. The molecule has 4 nitrogen and oxygen atoms in total. The highest BCUT2D eigenvalue weighted by Crippen LogP contribution is 2.32. The van der Waals surface area contributed by atoms with Crippen molar-refractivity contribution >= 4 is 35.4 Å². The van der Waals surface area contributed by atoms with Gasteiger partial charge in [-0.1, -0.05) is 18.2 Å². The van der Waals surface area contributed by atoms with Crippen LogP contribution in [0.4, 0.5) is 0 Å². The van der Waals surface area contributed by atoms with E-state index < -0.39 is 16.8 Å². The van der Waals surface area contributed by atoms with Crippen molar-refractivity contribution in [3.8, 4) is 0 Å². The van der Waals surface area contributed by atoms with Gasteiger partial charge < -0.3 is 10.4 Å². The van der Waals surface area contributed by atoms with E-state index in [0.29, 0.717) is 12.2 Å². The fourth-order valence-corrected chi connectivity index (χ4v) is 3.16. The molecule has 0 saturated carbocycles. The molecule has 1 amide bonds. The summed E-state index contributed by atoms with van der Waals surface area (Å²) >= 11 is 2.99. The van der Waals surface area contributed by atoms with Crippen LogP contribution < -0.4 is 5.32 Å². The molecule has 1 aromatic rings. The number of hydrogen-bond donors (Lipinski definition) is 2. The number of amides is 1. The first kappa shape index (κ1) is 17.9. The van der Waals surface area contributed by atoms with E-state index >= 15 is 0 Å². The van der Waals surface area contributed by atoms with Crippen LogP contribution in [-0.2, 0) is 9.59 Å². The smallest absolute Gasteiger partial charge is 0.326 e. The van der Waals surface area contributed by atoms with E-state index in [0.717, 1.165) is 4.90 Å². The van der Waals surface area contributed by atoms with Gasteiger partial charge in [0.15, 0.2) is 0 Å². The molecule has 0 aliphatic heterocycles. The maximum atomic E-state index is 12.3. The van der Waals surface area contributed by atoms with Crippen LogP contribution in [0.3, 0.4) is 0 Å². The van der Waals surface area contributed by atoms with Crippen LogP contribution in [0.15, 0.2) is 35.2 Å². The summed E-state index contributed by atoms with van der Waals surface area (Å²) in [6, 6.07) is 8.77. The maximum absolute atomic E-state index is 12.3. The van der Waals surface area contributed by atoms with Crippen molar-refractivity contribution in [1.82, 2.24) is 5.32 Å². The Morgan fingerprint density at radius 3 is 2.43 bits per heavy atom. The summed E-state index contributed by atoms with van der Waals surface area (Å²) in [5, 5.41) is 11.8. The average Bonchev–Trinajstić information content (AvgIpc) is 2.43. The molecule has 0 heterocycles. The third-order valence-electron chi connectivity index (χ3n) is 2.88. The van der Waals surface area contributed by atoms with Crippen molar-refractivity contribution in [2.75, 3.05) is 12.0 Å². The SMILES string of the molecule is CSCCC(NC(=O)C(C)(C)Sc1ccccc1)C(=O)O. The standard InChI is InChI=1S/C15H21NO3S2/c1-15(2,21-11-7-5-4-6-8-11)14(19)16-12(13(17)18)9-10-20-3/h4-8,12H,9-10H2,1-3H3,(H,16,19)(H,17,18). The molecule has 0 saturated heterocycles. The predicted molar refractivity (Wildman–Crippen MR) is 88.9 cm³/mol. The lowest BCUT2D eigenvalue weighted by molar-refractivity contribution is -0.142. The number of aliphatic carboxylic acids is 1. The molecule has 0 spiro atoms. The topological polar surface area (TPSA) is 66.4 Å². The molecule has 0 aliphatic rings. The van der Waals surface area contributed by atoms with Crippen LogP contribution >= 0.6 is 23.5 Å². The van der Waals surface area contributed by atoms with Crippen molar-refractivity contribution in [1.29, 1.82) is 0 Å². The van der Waals surface area contributed by atoms with E-state index in [1.54, 1.807) is 25.6 Å². The quantitative estimate of drug-likeness (QED) is 0.719. The Morgan fingerprint density at radius 2 is 1.90 bits per heavy atom. The molecular weight excluding hydrogens is 306 g/mol. The molecule has 2 N–H and O–H groups in total. The highest BCUT2D eigenvalue weighted by atomic mass is 32.2. The summed E-state index contributed by atoms with van der Waals surface area (Å²) in [6.07, 6.45) is 2.34. The molecule has 1 rings (SSSR count). The highest BCUT2D eigenvalue weighted by Gasteiger charge is 2.32. The Morgan fingerprint density at radius 1 is 1.29 bits per heavy atom. The molecule has 1 aromatic carbocycles. The van der Waals surface area contributed by atoms with Crippen LogP contribution in [-0.4, -0.2) is 39.8 Å². The molecule has 0 aliphatic carbocycles. The zero-order chi connectivity index (χ0) is 15.9. The molecular formula is C15H21NO3S2. The van der Waals surface area contributed by atoms with E-state index in [1.807, 2.05) is 36.6 Å². The zero-order valence-corrected chi connectivity index (χ0v) is 14.1.